The van der Waals surface area contributed by atoms with Gasteiger partial charge in [0.05, 0.1) is 24.7 Å². The Labute approximate surface area is 279 Å². The van der Waals surface area contributed by atoms with E-state index in [-0.39, 0.29) is 35.5 Å². The Bertz CT molecular complexity index is 1460. The number of aromatic hydroxyl groups is 1. The molecule has 3 aromatic rings. The van der Waals surface area contributed by atoms with Crippen LogP contribution in [0.3, 0.4) is 0 Å². The number of carbonyl (C=O) groups is 3. The van der Waals surface area contributed by atoms with Gasteiger partial charge in [-0.2, -0.15) is 0 Å². The van der Waals surface area contributed by atoms with Crippen molar-refractivity contribution in [3.63, 3.8) is 0 Å². The lowest BCUT2D eigenvalue weighted by Crippen LogP contribution is -2.13. The zero-order valence-electron chi connectivity index (χ0n) is 26.8. The summed E-state index contributed by atoms with van der Waals surface area (Å²) in [6.07, 6.45) is 1.22. The van der Waals surface area contributed by atoms with Crippen LogP contribution in [0.4, 0.5) is 0 Å². The van der Waals surface area contributed by atoms with Crippen molar-refractivity contribution in [2.24, 2.45) is 11.8 Å². The van der Waals surface area contributed by atoms with Crippen molar-refractivity contribution < 1.29 is 39.5 Å². The Morgan fingerprint density at radius 1 is 0.826 bits per heavy atom. The molecule has 0 saturated heterocycles. The molecular weight excluding hydrogens is 625 g/mol. The van der Waals surface area contributed by atoms with Gasteiger partial charge in [0.2, 0.25) is 0 Å². The number of ketones is 1. The first kappa shape index (κ1) is 37.0. The highest BCUT2D eigenvalue weighted by atomic mass is 32.2. The third kappa shape index (κ3) is 10.8. The van der Waals surface area contributed by atoms with Gasteiger partial charge in [-0.25, -0.2) is 0 Å². The molecule has 8 nitrogen and oxygen atoms in total. The maximum Gasteiger partial charge on any atom is 0.303 e. The smallest absolute Gasteiger partial charge is 0.303 e. The molecule has 0 heterocycles. The lowest BCUT2D eigenvalue weighted by molar-refractivity contribution is -0.139. The van der Waals surface area contributed by atoms with E-state index in [4.69, 9.17) is 9.84 Å². The highest BCUT2D eigenvalue weighted by Crippen LogP contribution is 2.43. The van der Waals surface area contributed by atoms with Gasteiger partial charge in [-0.05, 0) is 79.1 Å². The summed E-state index contributed by atoms with van der Waals surface area (Å²) in [6.45, 7) is 7.55. The van der Waals surface area contributed by atoms with Gasteiger partial charge in [-0.1, -0.05) is 51.5 Å². The normalized spacial score (nSPS) is 13.8. The zero-order chi connectivity index (χ0) is 33.8. The number of ether oxygens (including phenoxy) is 1. The number of rotatable bonds is 19. The van der Waals surface area contributed by atoms with Crippen molar-refractivity contribution in [1.82, 2.24) is 0 Å². The van der Waals surface area contributed by atoms with Crippen LogP contribution in [0.15, 0.2) is 70.5 Å². The Hall–Kier alpha value is -3.47. The second kappa shape index (κ2) is 18.0. The predicted octanol–water partition coefficient (Wildman–Crippen LogP) is 8.20. The van der Waals surface area contributed by atoms with Crippen molar-refractivity contribution >= 4 is 41.2 Å². The minimum absolute atomic E-state index is 0.00823. The van der Waals surface area contributed by atoms with Crippen molar-refractivity contribution in [1.29, 1.82) is 0 Å². The van der Waals surface area contributed by atoms with Gasteiger partial charge in [-0.15, -0.1) is 23.5 Å². The third-order valence-corrected chi connectivity index (χ3v) is 10.3. The molecule has 0 aliphatic heterocycles. The topological polar surface area (TPSA) is 141 Å². The first-order valence-corrected chi connectivity index (χ1v) is 17.4. The zero-order valence-corrected chi connectivity index (χ0v) is 28.4. The number of phenols is 1. The van der Waals surface area contributed by atoms with Crippen molar-refractivity contribution in [2.75, 3.05) is 12.4 Å². The van der Waals surface area contributed by atoms with Crippen molar-refractivity contribution in [2.45, 2.75) is 80.9 Å². The van der Waals surface area contributed by atoms with Crippen LogP contribution in [0.2, 0.25) is 0 Å². The fourth-order valence-electron chi connectivity index (χ4n) is 5.21. The summed E-state index contributed by atoms with van der Waals surface area (Å²) in [5, 5.41) is 39.5. The van der Waals surface area contributed by atoms with Gasteiger partial charge in [0.25, 0.3) is 0 Å². The van der Waals surface area contributed by atoms with Gasteiger partial charge < -0.3 is 25.2 Å². The van der Waals surface area contributed by atoms with Crippen LogP contribution in [-0.4, -0.2) is 50.5 Å². The molecule has 0 amide bonds. The average Bonchev–Trinajstić information content (AvgIpc) is 3.00. The summed E-state index contributed by atoms with van der Waals surface area (Å²) in [7, 11) is 0. The second-order valence-electron chi connectivity index (χ2n) is 11.6. The lowest BCUT2D eigenvalue weighted by atomic mass is 9.95. The summed E-state index contributed by atoms with van der Waals surface area (Å²) in [4.78, 5) is 36.4. The number of Topliss-reactive ketones (excluding diaryl/α,β-unsaturated/α-hetero) is 1. The van der Waals surface area contributed by atoms with E-state index in [2.05, 4.69) is 0 Å². The van der Waals surface area contributed by atoms with E-state index in [0.717, 1.165) is 33.9 Å². The van der Waals surface area contributed by atoms with E-state index in [9.17, 15) is 29.7 Å². The molecule has 3 rings (SSSR count). The molecule has 4 atom stereocenters. The van der Waals surface area contributed by atoms with Crippen LogP contribution >= 0.6 is 23.5 Å². The Morgan fingerprint density at radius 3 is 2.00 bits per heavy atom. The summed E-state index contributed by atoms with van der Waals surface area (Å²) in [5.41, 5.74) is 2.64. The number of hydrogen-bond acceptors (Lipinski definition) is 8. The predicted molar refractivity (Wildman–Crippen MR) is 182 cm³/mol. The Morgan fingerprint density at radius 2 is 1.41 bits per heavy atom. The highest BCUT2D eigenvalue weighted by molar-refractivity contribution is 7.99. The molecule has 10 heteroatoms. The SMILES string of the molecule is CCCc1c(OCCCSc2ccc(C(Sc3ccc(C(O)C(C)CC(=O)O)cc3)C(C)CC(=O)O)cc2)ccc(C(C)=O)c1O. The van der Waals surface area contributed by atoms with Crippen molar-refractivity contribution in [3.05, 3.63) is 82.9 Å². The minimum atomic E-state index is -0.954. The van der Waals surface area contributed by atoms with E-state index >= 15 is 0 Å². The molecule has 3 aromatic carbocycles. The number of aliphatic hydroxyl groups is 1. The molecule has 0 fully saturated rings. The van der Waals surface area contributed by atoms with Gasteiger partial charge in [0.1, 0.15) is 11.5 Å². The first-order valence-electron chi connectivity index (χ1n) is 15.5. The molecule has 248 valence electrons. The van der Waals surface area contributed by atoms with Crippen LogP contribution in [0, 0.1) is 11.8 Å². The fourth-order valence-corrected chi connectivity index (χ4v) is 7.25. The average molecular weight is 669 g/mol. The van der Waals surface area contributed by atoms with Gasteiger partial charge >= 0.3 is 11.9 Å². The van der Waals surface area contributed by atoms with Gasteiger partial charge in [0, 0.05) is 32.8 Å². The second-order valence-corrected chi connectivity index (χ2v) is 14.0. The number of phenolic OH excluding ortho intramolecular Hbond substituents is 1. The third-order valence-electron chi connectivity index (χ3n) is 7.68. The standard InChI is InChI=1S/C36H44O8S2/c1-5-7-30-31(17-16-29(24(4)37)35(30)43)44-18-6-19-45-27-12-10-26(11-13-27)36(23(3)21-33(40)41)46-28-14-8-25(9-15-28)34(42)22(2)20-32(38)39/h8-17,22-23,34,36,42-43H,5-7,18-21H2,1-4H3,(H,38,39)(H,40,41). The molecule has 0 spiro atoms. The number of aliphatic carboxylic acids is 2. The van der Waals surface area contributed by atoms with Crippen molar-refractivity contribution in [3.8, 4) is 11.5 Å². The maximum absolute atomic E-state index is 11.8. The van der Waals surface area contributed by atoms with E-state index in [0.29, 0.717) is 35.5 Å². The molecule has 0 aliphatic carbocycles. The number of benzene rings is 3. The van der Waals surface area contributed by atoms with E-state index in [1.807, 2.05) is 50.2 Å². The number of carbonyl (C=O) groups excluding carboxylic acids is 1. The van der Waals surface area contributed by atoms with Crippen LogP contribution < -0.4 is 4.74 Å². The summed E-state index contributed by atoms with van der Waals surface area (Å²) >= 11 is 3.27. The minimum Gasteiger partial charge on any atom is -0.507 e. The van der Waals surface area contributed by atoms with E-state index in [1.165, 1.54) is 6.92 Å². The monoisotopic (exact) mass is 668 g/mol. The fraction of sp³-hybridized carbons (Fsp3) is 0.417. The maximum atomic E-state index is 11.8. The van der Waals surface area contributed by atoms with Crippen LogP contribution in [-0.2, 0) is 16.0 Å². The Kier molecular flexibility index (Phi) is 14.5. The van der Waals surface area contributed by atoms with E-state index in [1.54, 1.807) is 54.7 Å². The van der Waals surface area contributed by atoms with Crippen LogP contribution in [0.5, 0.6) is 11.5 Å². The molecular formula is C36H44O8S2. The molecule has 0 aliphatic rings. The van der Waals surface area contributed by atoms with Gasteiger partial charge in [0.15, 0.2) is 5.78 Å². The molecule has 46 heavy (non-hydrogen) atoms. The van der Waals surface area contributed by atoms with E-state index < -0.39 is 24.0 Å². The number of carboxylic acid groups (broad SMARTS) is 2. The number of hydrogen-bond donors (Lipinski definition) is 4. The van der Waals surface area contributed by atoms with Gasteiger partial charge in [-0.3, -0.25) is 14.4 Å². The molecule has 0 radical (unpaired) electrons. The number of aliphatic hydroxyl groups excluding tert-OH is 1. The molecule has 0 saturated carbocycles. The molecule has 4 N–H and O–H groups in total. The largest absolute Gasteiger partial charge is 0.507 e. The number of thioether (sulfide) groups is 2. The summed E-state index contributed by atoms with van der Waals surface area (Å²) in [6, 6.07) is 18.9. The molecule has 0 bridgehead atoms. The molecule has 0 aromatic heterocycles. The van der Waals surface area contributed by atoms with Crippen LogP contribution in [0.1, 0.15) is 91.8 Å². The molecule has 4 unspecified atom stereocenters. The Balaban J connectivity index is 1.61. The summed E-state index contributed by atoms with van der Waals surface area (Å²) < 4.78 is 5.98. The summed E-state index contributed by atoms with van der Waals surface area (Å²) in [5.74, 6) is -1.14. The quantitative estimate of drug-likeness (QED) is 0.0561. The lowest BCUT2D eigenvalue weighted by Gasteiger charge is -2.24. The highest BCUT2D eigenvalue weighted by Gasteiger charge is 2.24. The van der Waals surface area contributed by atoms with Crippen LogP contribution in [0.25, 0.3) is 0 Å². The number of carboxylic acids is 2. The first-order chi connectivity index (χ1) is 21.9.